The van der Waals surface area contributed by atoms with Crippen LogP contribution in [0.2, 0.25) is 0 Å². The SMILES string of the molecule is Cc1cc(NC(=O)C2CCCCN2S(=O)(=O)c2cccs2)n(Cc2ccccc2)n1. The fourth-order valence-electron chi connectivity index (χ4n) is 3.71. The summed E-state index contributed by atoms with van der Waals surface area (Å²) in [7, 11) is -3.69. The minimum Gasteiger partial charge on any atom is -0.309 e. The molecule has 1 saturated heterocycles. The molecule has 1 amide bonds. The molecule has 3 heterocycles. The molecular formula is C21H24N4O3S2. The first-order valence-electron chi connectivity index (χ1n) is 9.90. The summed E-state index contributed by atoms with van der Waals surface area (Å²) in [6.07, 6.45) is 2.07. The zero-order chi connectivity index (χ0) is 21.1. The highest BCUT2D eigenvalue weighted by Gasteiger charge is 2.38. The van der Waals surface area contributed by atoms with Gasteiger partial charge in [0, 0.05) is 12.6 Å². The zero-order valence-corrected chi connectivity index (χ0v) is 18.3. The Labute approximate surface area is 180 Å². The van der Waals surface area contributed by atoms with Crippen molar-refractivity contribution in [3.8, 4) is 0 Å². The zero-order valence-electron chi connectivity index (χ0n) is 16.7. The van der Waals surface area contributed by atoms with Crippen LogP contribution in [0.25, 0.3) is 0 Å². The van der Waals surface area contributed by atoms with Crippen molar-refractivity contribution in [3.63, 3.8) is 0 Å². The monoisotopic (exact) mass is 444 g/mol. The van der Waals surface area contributed by atoms with E-state index in [2.05, 4.69) is 10.4 Å². The summed E-state index contributed by atoms with van der Waals surface area (Å²) in [4.78, 5) is 13.2. The van der Waals surface area contributed by atoms with E-state index in [4.69, 9.17) is 0 Å². The van der Waals surface area contributed by atoms with Gasteiger partial charge in [0.2, 0.25) is 5.91 Å². The van der Waals surface area contributed by atoms with Crippen LogP contribution in [0, 0.1) is 6.92 Å². The number of hydrogen-bond acceptors (Lipinski definition) is 5. The fourth-order valence-corrected chi connectivity index (χ4v) is 6.49. The maximum atomic E-state index is 13.2. The highest BCUT2D eigenvalue weighted by molar-refractivity contribution is 7.91. The van der Waals surface area contributed by atoms with Gasteiger partial charge in [0.05, 0.1) is 12.2 Å². The maximum absolute atomic E-state index is 13.2. The van der Waals surface area contributed by atoms with Crippen LogP contribution in [0.4, 0.5) is 5.82 Å². The second-order valence-electron chi connectivity index (χ2n) is 7.36. The molecule has 3 aromatic rings. The van der Waals surface area contributed by atoms with Gasteiger partial charge in [-0.25, -0.2) is 13.1 Å². The molecule has 1 aliphatic rings. The maximum Gasteiger partial charge on any atom is 0.253 e. The van der Waals surface area contributed by atoms with Crippen LogP contribution in [-0.2, 0) is 21.4 Å². The lowest BCUT2D eigenvalue weighted by Gasteiger charge is -2.33. The Morgan fingerprint density at radius 3 is 2.73 bits per heavy atom. The Morgan fingerprint density at radius 2 is 2.00 bits per heavy atom. The van der Waals surface area contributed by atoms with E-state index in [1.807, 2.05) is 43.3 Å². The molecule has 9 heteroatoms. The van der Waals surface area contributed by atoms with Crippen molar-refractivity contribution in [1.82, 2.24) is 14.1 Å². The second-order valence-corrected chi connectivity index (χ2v) is 10.4. The normalized spacial score (nSPS) is 17.7. The molecule has 1 aromatic carbocycles. The van der Waals surface area contributed by atoms with Gasteiger partial charge in [-0.1, -0.05) is 42.8 Å². The van der Waals surface area contributed by atoms with Crippen LogP contribution in [0.5, 0.6) is 0 Å². The molecule has 158 valence electrons. The Bertz CT molecular complexity index is 1110. The number of aromatic nitrogens is 2. The van der Waals surface area contributed by atoms with Crippen LogP contribution in [-0.4, -0.2) is 41.0 Å². The van der Waals surface area contributed by atoms with Crippen molar-refractivity contribution < 1.29 is 13.2 Å². The van der Waals surface area contributed by atoms with Crippen molar-refractivity contribution in [1.29, 1.82) is 0 Å². The van der Waals surface area contributed by atoms with E-state index in [0.717, 1.165) is 24.1 Å². The second kappa shape index (κ2) is 8.71. The molecule has 0 saturated carbocycles. The van der Waals surface area contributed by atoms with Gasteiger partial charge in [0.1, 0.15) is 16.1 Å². The van der Waals surface area contributed by atoms with Gasteiger partial charge in [0.15, 0.2) is 0 Å². The number of nitrogens with zero attached hydrogens (tertiary/aromatic N) is 3. The van der Waals surface area contributed by atoms with Gasteiger partial charge >= 0.3 is 0 Å². The molecule has 0 radical (unpaired) electrons. The third kappa shape index (κ3) is 4.33. The molecule has 0 aliphatic carbocycles. The lowest BCUT2D eigenvalue weighted by atomic mass is 10.0. The minimum atomic E-state index is -3.69. The van der Waals surface area contributed by atoms with E-state index < -0.39 is 16.1 Å². The van der Waals surface area contributed by atoms with Crippen LogP contribution in [0.15, 0.2) is 58.1 Å². The van der Waals surface area contributed by atoms with Crippen LogP contribution >= 0.6 is 11.3 Å². The molecule has 4 rings (SSSR count). The van der Waals surface area contributed by atoms with Crippen molar-refractivity contribution in [2.75, 3.05) is 11.9 Å². The van der Waals surface area contributed by atoms with Crippen LogP contribution in [0.3, 0.4) is 0 Å². The van der Waals surface area contributed by atoms with Crippen LogP contribution < -0.4 is 5.32 Å². The number of hydrogen-bond donors (Lipinski definition) is 1. The van der Waals surface area contributed by atoms with Crippen LogP contribution in [0.1, 0.15) is 30.5 Å². The lowest BCUT2D eigenvalue weighted by Crippen LogP contribution is -2.49. The first kappa shape index (κ1) is 20.8. The number of sulfonamides is 1. The highest BCUT2D eigenvalue weighted by atomic mass is 32.2. The minimum absolute atomic E-state index is 0.271. The summed E-state index contributed by atoms with van der Waals surface area (Å²) >= 11 is 1.17. The largest absolute Gasteiger partial charge is 0.309 e. The number of nitrogens with one attached hydrogen (secondary N) is 1. The predicted molar refractivity (Wildman–Crippen MR) is 117 cm³/mol. The van der Waals surface area contributed by atoms with E-state index in [0.29, 0.717) is 25.3 Å². The molecular weight excluding hydrogens is 420 g/mol. The van der Waals surface area contributed by atoms with Crippen molar-refractivity contribution >= 4 is 33.1 Å². The Balaban J connectivity index is 1.56. The van der Waals surface area contributed by atoms with E-state index in [9.17, 15) is 13.2 Å². The number of rotatable bonds is 6. The van der Waals surface area contributed by atoms with E-state index >= 15 is 0 Å². The molecule has 7 nitrogen and oxygen atoms in total. The molecule has 1 fully saturated rings. The molecule has 2 aromatic heterocycles. The van der Waals surface area contributed by atoms with Gasteiger partial charge in [-0.05, 0) is 36.8 Å². The van der Waals surface area contributed by atoms with Gasteiger partial charge < -0.3 is 5.32 Å². The van der Waals surface area contributed by atoms with Gasteiger partial charge in [-0.3, -0.25) is 4.79 Å². The number of piperidine rings is 1. The first-order valence-corrected chi connectivity index (χ1v) is 12.2. The molecule has 1 atom stereocenters. The van der Waals surface area contributed by atoms with E-state index in [1.165, 1.54) is 15.6 Å². The average molecular weight is 445 g/mol. The molecule has 0 spiro atoms. The first-order chi connectivity index (χ1) is 14.4. The summed E-state index contributed by atoms with van der Waals surface area (Å²) in [5.74, 6) is 0.254. The molecule has 1 aliphatic heterocycles. The summed E-state index contributed by atoms with van der Waals surface area (Å²) in [5.41, 5.74) is 1.85. The number of carbonyl (C=O) groups excluding carboxylic acids is 1. The van der Waals surface area contributed by atoms with Crippen molar-refractivity contribution in [3.05, 3.63) is 65.2 Å². The third-order valence-corrected chi connectivity index (χ3v) is 8.42. The molecule has 0 bridgehead atoms. The Kier molecular flexibility index (Phi) is 6.03. The number of thiophene rings is 1. The van der Waals surface area contributed by atoms with Crippen molar-refractivity contribution in [2.24, 2.45) is 0 Å². The number of amides is 1. The standard InChI is InChI=1S/C21H24N4O3S2/c1-16-14-19(24(23-16)15-17-8-3-2-4-9-17)22-21(26)18-10-5-6-12-25(18)30(27,28)20-11-7-13-29-20/h2-4,7-9,11,13-14,18H,5-6,10,12,15H2,1H3,(H,22,26). The number of aryl methyl sites for hydroxylation is 1. The number of benzene rings is 1. The van der Waals surface area contributed by atoms with Gasteiger partial charge in [0.25, 0.3) is 10.0 Å². The lowest BCUT2D eigenvalue weighted by molar-refractivity contribution is -0.120. The fraction of sp³-hybridized carbons (Fsp3) is 0.333. The average Bonchev–Trinajstić information content (AvgIpc) is 3.39. The van der Waals surface area contributed by atoms with E-state index in [1.54, 1.807) is 22.2 Å². The van der Waals surface area contributed by atoms with Crippen molar-refractivity contribution in [2.45, 2.75) is 43.0 Å². The van der Waals surface area contributed by atoms with Gasteiger partial charge in [-0.15, -0.1) is 11.3 Å². The topological polar surface area (TPSA) is 84.3 Å². The summed E-state index contributed by atoms with van der Waals surface area (Å²) in [6, 6.07) is 14.2. The summed E-state index contributed by atoms with van der Waals surface area (Å²) in [6.45, 7) is 2.73. The van der Waals surface area contributed by atoms with E-state index in [-0.39, 0.29) is 10.1 Å². The molecule has 30 heavy (non-hydrogen) atoms. The Morgan fingerprint density at radius 1 is 1.20 bits per heavy atom. The summed E-state index contributed by atoms with van der Waals surface area (Å²) in [5, 5.41) is 9.14. The number of carbonyl (C=O) groups is 1. The smallest absolute Gasteiger partial charge is 0.253 e. The quantitative estimate of drug-likeness (QED) is 0.631. The third-order valence-electron chi connectivity index (χ3n) is 5.14. The predicted octanol–water partition coefficient (Wildman–Crippen LogP) is 3.48. The molecule has 1 N–H and O–H groups in total. The molecule has 1 unspecified atom stereocenters. The van der Waals surface area contributed by atoms with Gasteiger partial charge in [-0.2, -0.15) is 9.40 Å². The highest BCUT2D eigenvalue weighted by Crippen LogP contribution is 2.28. The Hall–Kier alpha value is -2.49. The summed E-state index contributed by atoms with van der Waals surface area (Å²) < 4.78 is 29.5. The number of anilines is 1.